The molecular weight excluding hydrogens is 362 g/mol. The van der Waals surface area contributed by atoms with E-state index in [0.29, 0.717) is 55.7 Å². The highest BCUT2D eigenvalue weighted by molar-refractivity contribution is 6.03. The van der Waals surface area contributed by atoms with Crippen LogP contribution in [-0.4, -0.2) is 67.0 Å². The van der Waals surface area contributed by atoms with Crippen molar-refractivity contribution in [2.24, 2.45) is 0 Å². The smallest absolute Gasteiger partial charge is 0.409 e. The Labute approximate surface area is 163 Å². The minimum atomic E-state index is -0.287. The second-order valence-electron chi connectivity index (χ2n) is 6.13. The molecule has 1 aliphatic heterocycles. The van der Waals surface area contributed by atoms with E-state index in [1.807, 2.05) is 4.90 Å². The van der Waals surface area contributed by atoms with Crippen LogP contribution in [0, 0.1) is 0 Å². The van der Waals surface area contributed by atoms with Crippen molar-refractivity contribution in [2.75, 3.05) is 50.1 Å². The lowest BCUT2D eigenvalue weighted by atomic mass is 10.2. The van der Waals surface area contributed by atoms with Gasteiger partial charge in [-0.3, -0.25) is 4.79 Å². The first kappa shape index (κ1) is 19.4. The average molecular weight is 385 g/mol. The fraction of sp³-hybridized carbons (Fsp3) is 0.368. The van der Waals surface area contributed by atoms with Crippen molar-refractivity contribution >= 4 is 23.6 Å². The molecule has 148 valence electrons. The summed E-state index contributed by atoms with van der Waals surface area (Å²) in [6.45, 7) is 4.58. The number of carbonyl (C=O) groups excluding carboxylic acids is 2. The maximum atomic E-state index is 12.3. The van der Waals surface area contributed by atoms with Crippen LogP contribution in [-0.2, 0) is 4.74 Å². The number of benzene rings is 1. The predicted octanol–water partition coefficient (Wildman–Crippen LogP) is 2.02. The maximum Gasteiger partial charge on any atom is 0.409 e. The van der Waals surface area contributed by atoms with Crippen molar-refractivity contribution in [3.8, 4) is 5.75 Å². The number of nitrogens with one attached hydrogen (secondary N) is 1. The molecule has 28 heavy (non-hydrogen) atoms. The first-order valence-corrected chi connectivity index (χ1v) is 9.06. The van der Waals surface area contributed by atoms with Crippen molar-refractivity contribution in [3.63, 3.8) is 0 Å². The van der Waals surface area contributed by atoms with Gasteiger partial charge in [0.15, 0.2) is 11.6 Å². The largest absolute Gasteiger partial charge is 0.497 e. The summed E-state index contributed by atoms with van der Waals surface area (Å²) in [7, 11) is 1.57. The molecule has 3 rings (SSSR count). The summed E-state index contributed by atoms with van der Waals surface area (Å²) in [5.74, 6) is 1.48. The van der Waals surface area contributed by atoms with Crippen LogP contribution in [0.4, 0.5) is 16.4 Å². The SMILES string of the molecule is CCOC(=O)N1CCN(c2ccc(NC(=O)c3ccc(OC)cc3)nn2)CC1. The summed E-state index contributed by atoms with van der Waals surface area (Å²) < 4.78 is 10.1. The normalized spacial score (nSPS) is 13.8. The number of ether oxygens (including phenoxy) is 2. The molecule has 1 N–H and O–H groups in total. The van der Waals surface area contributed by atoms with Gasteiger partial charge in [0.05, 0.1) is 13.7 Å². The van der Waals surface area contributed by atoms with E-state index in [2.05, 4.69) is 15.5 Å². The summed E-state index contributed by atoms with van der Waals surface area (Å²) in [4.78, 5) is 27.7. The molecule has 1 saturated heterocycles. The molecule has 1 fully saturated rings. The highest BCUT2D eigenvalue weighted by Gasteiger charge is 2.22. The van der Waals surface area contributed by atoms with Crippen LogP contribution < -0.4 is 15.0 Å². The number of hydrogen-bond acceptors (Lipinski definition) is 7. The molecule has 0 bridgehead atoms. The van der Waals surface area contributed by atoms with E-state index in [1.54, 1.807) is 55.3 Å². The number of amides is 2. The van der Waals surface area contributed by atoms with Crippen LogP contribution >= 0.6 is 0 Å². The lowest BCUT2D eigenvalue weighted by Crippen LogP contribution is -2.49. The predicted molar refractivity (Wildman–Crippen MR) is 104 cm³/mol. The van der Waals surface area contributed by atoms with Crippen LogP contribution in [0.25, 0.3) is 0 Å². The molecule has 0 aliphatic carbocycles. The van der Waals surface area contributed by atoms with Gasteiger partial charge in [0, 0.05) is 31.7 Å². The van der Waals surface area contributed by atoms with Crippen LogP contribution in [0.15, 0.2) is 36.4 Å². The van der Waals surface area contributed by atoms with E-state index in [9.17, 15) is 9.59 Å². The lowest BCUT2D eigenvalue weighted by molar-refractivity contribution is 0.102. The third kappa shape index (κ3) is 4.67. The molecule has 0 unspecified atom stereocenters. The van der Waals surface area contributed by atoms with E-state index in [4.69, 9.17) is 9.47 Å². The van der Waals surface area contributed by atoms with Crippen LogP contribution in [0.2, 0.25) is 0 Å². The standard InChI is InChI=1S/C19H23N5O4/c1-3-28-19(26)24-12-10-23(11-13-24)17-9-8-16(21-22-17)20-18(25)14-4-6-15(27-2)7-5-14/h4-9H,3,10-13H2,1-2H3,(H,20,21,25). The summed E-state index contributed by atoms with van der Waals surface area (Å²) in [5.41, 5.74) is 0.502. The minimum Gasteiger partial charge on any atom is -0.497 e. The molecule has 0 saturated carbocycles. The second-order valence-corrected chi connectivity index (χ2v) is 6.13. The number of aromatic nitrogens is 2. The van der Waals surface area contributed by atoms with Gasteiger partial charge in [0.1, 0.15) is 5.75 Å². The fourth-order valence-electron chi connectivity index (χ4n) is 2.82. The van der Waals surface area contributed by atoms with Gasteiger partial charge in [-0.15, -0.1) is 10.2 Å². The van der Waals surface area contributed by atoms with Crippen LogP contribution in [0.3, 0.4) is 0 Å². The Kier molecular flexibility index (Phi) is 6.25. The number of nitrogens with zero attached hydrogens (tertiary/aromatic N) is 4. The first-order valence-electron chi connectivity index (χ1n) is 9.06. The topological polar surface area (TPSA) is 96.9 Å². The fourth-order valence-corrected chi connectivity index (χ4v) is 2.82. The molecule has 0 spiro atoms. The van der Waals surface area contributed by atoms with E-state index in [0.717, 1.165) is 0 Å². The summed E-state index contributed by atoms with van der Waals surface area (Å²) >= 11 is 0. The molecular formula is C19H23N5O4. The number of rotatable bonds is 5. The summed E-state index contributed by atoms with van der Waals surface area (Å²) in [6, 6.07) is 10.3. The lowest BCUT2D eigenvalue weighted by Gasteiger charge is -2.34. The van der Waals surface area contributed by atoms with E-state index in [1.165, 1.54) is 0 Å². The van der Waals surface area contributed by atoms with Crippen molar-refractivity contribution in [3.05, 3.63) is 42.0 Å². The molecule has 2 aromatic rings. The van der Waals surface area contributed by atoms with E-state index < -0.39 is 0 Å². The average Bonchev–Trinajstić information content (AvgIpc) is 2.74. The van der Waals surface area contributed by atoms with Crippen LogP contribution in [0.1, 0.15) is 17.3 Å². The zero-order valence-electron chi connectivity index (χ0n) is 15.9. The molecule has 0 atom stereocenters. The molecule has 1 aromatic carbocycles. The first-order chi connectivity index (χ1) is 13.6. The van der Waals surface area contributed by atoms with Gasteiger partial charge >= 0.3 is 6.09 Å². The van der Waals surface area contributed by atoms with Gasteiger partial charge in [0.25, 0.3) is 5.91 Å². The van der Waals surface area contributed by atoms with Gasteiger partial charge in [-0.1, -0.05) is 0 Å². The van der Waals surface area contributed by atoms with E-state index in [-0.39, 0.29) is 12.0 Å². The zero-order chi connectivity index (χ0) is 19.9. The molecule has 0 radical (unpaired) electrons. The van der Waals surface area contributed by atoms with E-state index >= 15 is 0 Å². The molecule has 1 aromatic heterocycles. The number of methoxy groups -OCH3 is 1. The Morgan fingerprint density at radius 2 is 1.75 bits per heavy atom. The van der Waals surface area contributed by atoms with Crippen molar-refractivity contribution in [2.45, 2.75) is 6.92 Å². The summed E-state index contributed by atoms with van der Waals surface area (Å²) in [5, 5.41) is 11.0. The summed E-state index contributed by atoms with van der Waals surface area (Å²) in [6.07, 6.45) is -0.287. The van der Waals surface area contributed by atoms with Gasteiger partial charge in [0.2, 0.25) is 0 Å². The number of anilines is 2. The molecule has 2 amide bonds. The molecule has 1 aliphatic rings. The number of carbonyl (C=O) groups is 2. The Hall–Kier alpha value is -3.36. The number of hydrogen-bond donors (Lipinski definition) is 1. The van der Waals surface area contributed by atoms with Gasteiger partial charge in [-0.25, -0.2) is 4.79 Å². The second kappa shape index (κ2) is 9.03. The molecule has 9 nitrogen and oxygen atoms in total. The highest BCUT2D eigenvalue weighted by atomic mass is 16.6. The molecule has 2 heterocycles. The van der Waals surface area contributed by atoms with Crippen LogP contribution in [0.5, 0.6) is 5.75 Å². The minimum absolute atomic E-state index is 0.271. The highest BCUT2D eigenvalue weighted by Crippen LogP contribution is 2.16. The third-order valence-corrected chi connectivity index (χ3v) is 4.37. The maximum absolute atomic E-state index is 12.3. The van der Waals surface area contributed by atoms with Gasteiger partial charge < -0.3 is 24.6 Å². The quantitative estimate of drug-likeness (QED) is 0.841. The molecule has 9 heteroatoms. The number of piperazine rings is 1. The Morgan fingerprint density at radius 1 is 1.04 bits per heavy atom. The van der Waals surface area contributed by atoms with Crippen molar-refractivity contribution in [1.29, 1.82) is 0 Å². The third-order valence-electron chi connectivity index (χ3n) is 4.37. The van der Waals surface area contributed by atoms with Gasteiger partial charge in [-0.05, 0) is 43.3 Å². The zero-order valence-corrected chi connectivity index (χ0v) is 15.9. The Morgan fingerprint density at radius 3 is 2.32 bits per heavy atom. The van der Waals surface area contributed by atoms with Crippen molar-refractivity contribution in [1.82, 2.24) is 15.1 Å². The Bertz CT molecular complexity index is 802. The van der Waals surface area contributed by atoms with Gasteiger partial charge in [-0.2, -0.15) is 0 Å². The Balaban J connectivity index is 1.55. The van der Waals surface area contributed by atoms with Crippen molar-refractivity contribution < 1.29 is 19.1 Å². The monoisotopic (exact) mass is 385 g/mol.